The highest BCUT2D eigenvalue weighted by Crippen LogP contribution is 2.37. The Morgan fingerprint density at radius 2 is 1.72 bits per heavy atom. The zero-order valence-corrected chi connectivity index (χ0v) is 11.5. The standard InChI is InChI=1S/C13H9N3S2/c1-6-3-8-10(15)12-9(4-7(2)17-12)11(16-5-14)13(8)18-6/h3-4,15H,1-2H3. The fourth-order valence-electron chi connectivity index (χ4n) is 2.16. The molecule has 0 unspecified atom stereocenters. The average molecular weight is 271 g/mol. The van der Waals surface area contributed by atoms with Gasteiger partial charge in [0.05, 0.1) is 15.5 Å². The van der Waals surface area contributed by atoms with Crippen molar-refractivity contribution < 1.29 is 0 Å². The SMILES string of the molecule is Cc1cc2c(s1)C(=N)c1cc(C)sc1C2=NC#N. The smallest absolute Gasteiger partial charge is 0.206 e. The van der Waals surface area contributed by atoms with Gasteiger partial charge in [-0.25, -0.2) is 0 Å². The first kappa shape index (κ1) is 11.3. The molecule has 0 aliphatic heterocycles. The number of rotatable bonds is 0. The van der Waals surface area contributed by atoms with E-state index in [9.17, 15) is 0 Å². The van der Waals surface area contributed by atoms with E-state index >= 15 is 0 Å². The summed E-state index contributed by atoms with van der Waals surface area (Å²) >= 11 is 3.19. The molecule has 5 heteroatoms. The van der Waals surface area contributed by atoms with Crippen molar-refractivity contribution in [1.82, 2.24) is 0 Å². The molecule has 0 spiro atoms. The molecule has 0 amide bonds. The number of aryl methyl sites for hydroxylation is 2. The lowest BCUT2D eigenvalue weighted by atomic mass is 9.94. The zero-order chi connectivity index (χ0) is 12.9. The van der Waals surface area contributed by atoms with Crippen molar-refractivity contribution in [3.8, 4) is 6.19 Å². The lowest BCUT2D eigenvalue weighted by Gasteiger charge is -2.14. The normalized spacial score (nSPS) is 15.4. The Morgan fingerprint density at radius 3 is 2.39 bits per heavy atom. The lowest BCUT2D eigenvalue weighted by Crippen LogP contribution is -2.16. The summed E-state index contributed by atoms with van der Waals surface area (Å²) in [6, 6.07) is 4.02. The molecule has 18 heavy (non-hydrogen) atoms. The van der Waals surface area contributed by atoms with Crippen LogP contribution in [0.3, 0.4) is 0 Å². The molecule has 2 aromatic rings. The van der Waals surface area contributed by atoms with Gasteiger partial charge in [-0.05, 0) is 26.0 Å². The van der Waals surface area contributed by atoms with Gasteiger partial charge in [0.25, 0.3) is 0 Å². The summed E-state index contributed by atoms with van der Waals surface area (Å²) < 4.78 is 0. The van der Waals surface area contributed by atoms with E-state index in [1.54, 1.807) is 22.7 Å². The minimum absolute atomic E-state index is 0.555. The van der Waals surface area contributed by atoms with Gasteiger partial charge in [0.15, 0.2) is 0 Å². The number of nitrogens with one attached hydrogen (secondary N) is 1. The monoisotopic (exact) mass is 271 g/mol. The van der Waals surface area contributed by atoms with Crippen LogP contribution < -0.4 is 0 Å². The van der Waals surface area contributed by atoms with Crippen LogP contribution in [0.15, 0.2) is 17.1 Å². The topological polar surface area (TPSA) is 60.0 Å². The highest BCUT2D eigenvalue weighted by Gasteiger charge is 2.29. The molecule has 0 atom stereocenters. The van der Waals surface area contributed by atoms with Crippen molar-refractivity contribution in [2.45, 2.75) is 13.8 Å². The van der Waals surface area contributed by atoms with Crippen LogP contribution in [0.5, 0.6) is 0 Å². The summed E-state index contributed by atoms with van der Waals surface area (Å²) in [7, 11) is 0. The zero-order valence-electron chi connectivity index (χ0n) is 9.87. The lowest BCUT2D eigenvalue weighted by molar-refractivity contribution is 1.42. The van der Waals surface area contributed by atoms with Crippen molar-refractivity contribution in [3.63, 3.8) is 0 Å². The molecule has 0 aromatic carbocycles. The first-order valence-corrected chi connectivity index (χ1v) is 7.03. The first-order valence-electron chi connectivity index (χ1n) is 5.39. The van der Waals surface area contributed by atoms with Crippen LogP contribution in [0, 0.1) is 30.7 Å². The number of fused-ring (bicyclic) bond motifs is 2. The second kappa shape index (κ2) is 3.87. The molecule has 0 bridgehead atoms. The quantitative estimate of drug-likeness (QED) is 0.625. The Labute approximate surface area is 113 Å². The molecule has 0 radical (unpaired) electrons. The minimum atomic E-state index is 0.555. The van der Waals surface area contributed by atoms with Gasteiger partial charge in [-0.2, -0.15) is 10.3 Å². The molecule has 0 saturated heterocycles. The predicted octanol–water partition coefficient (Wildman–Crippen LogP) is 3.47. The summed E-state index contributed by atoms with van der Waals surface area (Å²) in [6.07, 6.45) is 1.88. The number of thiophene rings is 2. The summed E-state index contributed by atoms with van der Waals surface area (Å²) in [5.74, 6) is 0. The molecule has 2 heterocycles. The van der Waals surface area contributed by atoms with Gasteiger partial charge in [0.1, 0.15) is 5.71 Å². The predicted molar refractivity (Wildman–Crippen MR) is 75.3 cm³/mol. The molecular weight excluding hydrogens is 262 g/mol. The van der Waals surface area contributed by atoms with Crippen molar-refractivity contribution in [1.29, 1.82) is 10.7 Å². The van der Waals surface area contributed by atoms with Gasteiger partial charge in [0.2, 0.25) is 6.19 Å². The van der Waals surface area contributed by atoms with Crippen molar-refractivity contribution in [2.75, 3.05) is 0 Å². The summed E-state index contributed by atoms with van der Waals surface area (Å²) in [4.78, 5) is 8.12. The van der Waals surface area contributed by atoms with Gasteiger partial charge >= 0.3 is 0 Å². The second-order valence-electron chi connectivity index (χ2n) is 4.14. The Balaban J connectivity index is 2.36. The van der Waals surface area contributed by atoms with Gasteiger partial charge in [0, 0.05) is 20.9 Å². The molecular formula is C13H9N3S2. The van der Waals surface area contributed by atoms with Gasteiger partial charge in [-0.1, -0.05) is 0 Å². The molecule has 0 saturated carbocycles. The van der Waals surface area contributed by atoms with Gasteiger partial charge < -0.3 is 0 Å². The van der Waals surface area contributed by atoms with Crippen LogP contribution in [0.2, 0.25) is 0 Å². The third-order valence-corrected chi connectivity index (χ3v) is 4.96. The Kier molecular flexibility index (Phi) is 2.44. The summed E-state index contributed by atoms with van der Waals surface area (Å²) in [6.45, 7) is 4.03. The number of hydrogen-bond acceptors (Lipinski definition) is 5. The number of hydrogen-bond donors (Lipinski definition) is 1. The van der Waals surface area contributed by atoms with E-state index in [1.807, 2.05) is 32.2 Å². The number of nitrogens with zero attached hydrogens (tertiary/aromatic N) is 2. The maximum absolute atomic E-state index is 8.87. The molecule has 3 nitrogen and oxygen atoms in total. The number of aliphatic imine (C=N–C) groups is 1. The van der Waals surface area contributed by atoms with Crippen LogP contribution >= 0.6 is 22.7 Å². The molecule has 1 aliphatic carbocycles. The van der Waals surface area contributed by atoms with Crippen LogP contribution in [0.25, 0.3) is 0 Å². The first-order chi connectivity index (χ1) is 8.61. The molecule has 1 N–H and O–H groups in total. The van der Waals surface area contributed by atoms with E-state index in [0.29, 0.717) is 5.71 Å². The fraction of sp³-hybridized carbons (Fsp3) is 0.154. The Morgan fingerprint density at radius 1 is 1.11 bits per heavy atom. The van der Waals surface area contributed by atoms with E-state index in [4.69, 9.17) is 10.7 Å². The van der Waals surface area contributed by atoms with Crippen LogP contribution in [0.4, 0.5) is 0 Å². The van der Waals surface area contributed by atoms with Crippen molar-refractivity contribution in [2.24, 2.45) is 4.99 Å². The highest BCUT2D eigenvalue weighted by molar-refractivity contribution is 7.17. The largest absolute Gasteiger partial charge is 0.299 e. The maximum Gasteiger partial charge on any atom is 0.206 e. The number of nitriles is 1. The molecule has 0 fully saturated rings. The van der Waals surface area contributed by atoms with Crippen molar-refractivity contribution >= 4 is 34.1 Å². The van der Waals surface area contributed by atoms with E-state index in [2.05, 4.69) is 4.99 Å². The fourth-order valence-corrected chi connectivity index (χ4v) is 4.16. The van der Waals surface area contributed by atoms with Crippen molar-refractivity contribution in [3.05, 3.63) is 42.8 Å². The third-order valence-electron chi connectivity index (χ3n) is 2.84. The Hall–Kier alpha value is -1.77. The van der Waals surface area contributed by atoms with E-state index in [1.165, 1.54) is 0 Å². The third kappa shape index (κ3) is 1.47. The maximum atomic E-state index is 8.87. The molecule has 3 rings (SSSR count). The van der Waals surface area contributed by atoms with E-state index in [-0.39, 0.29) is 0 Å². The van der Waals surface area contributed by atoms with Gasteiger partial charge in [-0.15, -0.1) is 22.7 Å². The highest BCUT2D eigenvalue weighted by atomic mass is 32.1. The second-order valence-corrected chi connectivity index (χ2v) is 6.65. The van der Waals surface area contributed by atoms with Crippen LogP contribution in [0.1, 0.15) is 30.6 Å². The van der Waals surface area contributed by atoms with E-state index in [0.717, 1.165) is 36.3 Å². The summed E-state index contributed by atoms with van der Waals surface area (Å²) in [5.41, 5.74) is 3.11. The molecule has 1 aliphatic rings. The average Bonchev–Trinajstić information content (AvgIpc) is 2.88. The molecule has 2 aromatic heterocycles. The minimum Gasteiger partial charge on any atom is -0.299 e. The van der Waals surface area contributed by atoms with Crippen LogP contribution in [-0.4, -0.2) is 11.4 Å². The van der Waals surface area contributed by atoms with E-state index < -0.39 is 0 Å². The Bertz CT molecular complexity index is 689. The molecule has 88 valence electrons. The van der Waals surface area contributed by atoms with Gasteiger partial charge in [-0.3, -0.25) is 5.41 Å². The summed E-state index contributed by atoms with van der Waals surface area (Å²) in [5, 5.41) is 17.1. The van der Waals surface area contributed by atoms with Crippen LogP contribution in [-0.2, 0) is 0 Å².